The van der Waals surface area contributed by atoms with Crippen LogP contribution in [0.3, 0.4) is 0 Å². The van der Waals surface area contributed by atoms with Crippen LogP contribution in [-0.2, 0) is 0 Å². The molecule has 0 unspecified atom stereocenters. The number of nitrogens with zero attached hydrogens (tertiary/aromatic N) is 2. The fraction of sp³-hybridized carbons (Fsp3) is 0.941. The van der Waals surface area contributed by atoms with Crippen LogP contribution in [0.5, 0.6) is 0 Å². The standard InChI is InChI=1S/C17H33N3S/c1-13(2)20(14(3)4)11-10-18-16-19-17(12-21-16)8-6-15(5)7-9-17/h13-15H,6-12H2,1-5H3,(H,18,19). The predicted octanol–water partition coefficient (Wildman–Crippen LogP) is 3.75. The Hall–Kier alpha value is -0.220. The lowest BCUT2D eigenvalue weighted by Crippen LogP contribution is -2.46. The third-order valence-corrected chi connectivity index (χ3v) is 6.23. The first-order valence-electron chi connectivity index (χ1n) is 8.63. The summed E-state index contributed by atoms with van der Waals surface area (Å²) in [5.41, 5.74) is 0.367. The molecule has 0 aromatic rings. The van der Waals surface area contributed by atoms with Gasteiger partial charge in [0, 0.05) is 29.9 Å². The van der Waals surface area contributed by atoms with Crippen molar-refractivity contribution in [2.45, 2.75) is 77.9 Å². The minimum Gasteiger partial charge on any atom is -0.359 e. The van der Waals surface area contributed by atoms with E-state index in [0.717, 1.165) is 19.0 Å². The zero-order valence-electron chi connectivity index (χ0n) is 14.5. The van der Waals surface area contributed by atoms with Crippen LogP contribution < -0.4 is 5.32 Å². The van der Waals surface area contributed by atoms with Crippen LogP contribution in [0.1, 0.15) is 60.3 Å². The molecule has 1 heterocycles. The van der Waals surface area contributed by atoms with Crippen LogP contribution in [0.4, 0.5) is 0 Å². The number of rotatable bonds is 5. The molecule has 2 aliphatic rings. The van der Waals surface area contributed by atoms with Crippen molar-refractivity contribution in [2.75, 3.05) is 18.8 Å². The number of hydrogen-bond donors (Lipinski definition) is 1. The average molecular weight is 312 g/mol. The van der Waals surface area contributed by atoms with Gasteiger partial charge in [-0.1, -0.05) is 18.7 Å². The fourth-order valence-corrected chi connectivity index (χ4v) is 4.80. The maximum absolute atomic E-state index is 4.82. The molecule has 1 spiro atoms. The Morgan fingerprint density at radius 3 is 2.43 bits per heavy atom. The Labute approximate surface area is 135 Å². The van der Waals surface area contributed by atoms with E-state index in [4.69, 9.17) is 4.99 Å². The van der Waals surface area contributed by atoms with Gasteiger partial charge in [-0.25, -0.2) is 0 Å². The van der Waals surface area contributed by atoms with Gasteiger partial charge in [0.05, 0.1) is 6.54 Å². The summed E-state index contributed by atoms with van der Waals surface area (Å²) >= 11 is 1.94. The van der Waals surface area contributed by atoms with E-state index in [2.05, 4.69) is 44.8 Å². The summed E-state index contributed by atoms with van der Waals surface area (Å²) in [4.78, 5) is 7.34. The molecule has 4 heteroatoms. The molecule has 2 fully saturated rings. The molecule has 0 aromatic heterocycles. The highest BCUT2D eigenvalue weighted by molar-refractivity contribution is 8.14. The SMILES string of the molecule is CC1CCC2(CC1)CSC(=NCCN(C(C)C)C(C)C)N2. The average Bonchev–Trinajstić information content (AvgIpc) is 2.81. The first-order valence-corrected chi connectivity index (χ1v) is 9.61. The van der Waals surface area contributed by atoms with E-state index in [-0.39, 0.29) is 0 Å². The van der Waals surface area contributed by atoms with Crippen molar-refractivity contribution in [3.05, 3.63) is 0 Å². The van der Waals surface area contributed by atoms with Crippen molar-refractivity contribution in [1.29, 1.82) is 0 Å². The first kappa shape index (κ1) is 17.1. The lowest BCUT2D eigenvalue weighted by atomic mass is 9.78. The molecule has 0 bridgehead atoms. The van der Waals surface area contributed by atoms with Crippen molar-refractivity contribution in [3.63, 3.8) is 0 Å². The van der Waals surface area contributed by atoms with Gasteiger partial charge in [-0.15, -0.1) is 0 Å². The van der Waals surface area contributed by atoms with E-state index in [0.29, 0.717) is 17.6 Å². The van der Waals surface area contributed by atoms with Crippen LogP contribution >= 0.6 is 11.8 Å². The minimum absolute atomic E-state index is 0.367. The molecule has 1 aliphatic heterocycles. The number of hydrogen-bond acceptors (Lipinski definition) is 3. The maximum Gasteiger partial charge on any atom is 0.157 e. The fourth-order valence-electron chi connectivity index (χ4n) is 3.55. The molecule has 1 N–H and O–H groups in total. The van der Waals surface area contributed by atoms with E-state index in [9.17, 15) is 0 Å². The summed E-state index contributed by atoms with van der Waals surface area (Å²) in [7, 11) is 0. The normalized spacial score (nSPS) is 31.8. The van der Waals surface area contributed by atoms with E-state index in [1.807, 2.05) is 11.8 Å². The second-order valence-corrected chi connectivity index (χ2v) is 8.45. The first-order chi connectivity index (χ1) is 9.92. The highest BCUT2D eigenvalue weighted by Crippen LogP contribution is 2.38. The lowest BCUT2D eigenvalue weighted by Gasteiger charge is -2.35. The van der Waals surface area contributed by atoms with Crippen molar-refractivity contribution in [1.82, 2.24) is 10.2 Å². The molecule has 1 saturated carbocycles. The van der Waals surface area contributed by atoms with Crippen LogP contribution in [-0.4, -0.2) is 46.5 Å². The van der Waals surface area contributed by atoms with E-state index < -0.39 is 0 Å². The topological polar surface area (TPSA) is 27.6 Å². The third kappa shape index (κ3) is 4.62. The molecular formula is C17H33N3S. The highest BCUT2D eigenvalue weighted by atomic mass is 32.2. The minimum atomic E-state index is 0.367. The summed E-state index contributed by atoms with van der Waals surface area (Å²) in [6.45, 7) is 13.4. The predicted molar refractivity (Wildman–Crippen MR) is 95.2 cm³/mol. The molecule has 1 saturated heterocycles. The van der Waals surface area contributed by atoms with Crippen LogP contribution in [0.25, 0.3) is 0 Å². The second-order valence-electron chi connectivity index (χ2n) is 7.49. The van der Waals surface area contributed by atoms with Gasteiger partial charge in [0.1, 0.15) is 0 Å². The molecule has 1 aliphatic carbocycles. The van der Waals surface area contributed by atoms with Crippen molar-refractivity contribution in [3.8, 4) is 0 Å². The molecule has 21 heavy (non-hydrogen) atoms. The molecule has 2 rings (SSSR count). The van der Waals surface area contributed by atoms with Crippen molar-refractivity contribution >= 4 is 16.9 Å². The van der Waals surface area contributed by atoms with Gasteiger partial charge in [-0.2, -0.15) is 0 Å². The summed E-state index contributed by atoms with van der Waals surface area (Å²) in [5, 5.41) is 4.95. The van der Waals surface area contributed by atoms with Gasteiger partial charge < -0.3 is 5.32 Å². The third-order valence-electron chi connectivity index (χ3n) is 5.03. The van der Waals surface area contributed by atoms with E-state index >= 15 is 0 Å². The molecule has 0 aromatic carbocycles. The summed E-state index contributed by atoms with van der Waals surface area (Å²) in [6.07, 6.45) is 5.39. The van der Waals surface area contributed by atoms with Gasteiger partial charge in [-0.3, -0.25) is 9.89 Å². The molecule has 0 amide bonds. The van der Waals surface area contributed by atoms with Gasteiger partial charge in [-0.05, 0) is 59.3 Å². The Morgan fingerprint density at radius 1 is 1.24 bits per heavy atom. The van der Waals surface area contributed by atoms with Gasteiger partial charge in [0.25, 0.3) is 0 Å². The van der Waals surface area contributed by atoms with Crippen LogP contribution in [0.2, 0.25) is 0 Å². The Bertz CT molecular complexity index is 349. The number of thioether (sulfide) groups is 1. The van der Waals surface area contributed by atoms with Gasteiger partial charge >= 0.3 is 0 Å². The Kier molecular flexibility index (Phi) is 6.01. The van der Waals surface area contributed by atoms with Gasteiger partial charge in [0.2, 0.25) is 0 Å². The summed E-state index contributed by atoms with van der Waals surface area (Å²) in [5.74, 6) is 2.13. The van der Waals surface area contributed by atoms with Crippen LogP contribution in [0, 0.1) is 5.92 Å². The van der Waals surface area contributed by atoms with E-state index in [1.165, 1.54) is 36.6 Å². The highest BCUT2D eigenvalue weighted by Gasteiger charge is 2.39. The zero-order valence-corrected chi connectivity index (χ0v) is 15.3. The van der Waals surface area contributed by atoms with Crippen molar-refractivity contribution in [2.24, 2.45) is 10.9 Å². The molecule has 0 atom stereocenters. The Balaban J connectivity index is 1.81. The largest absolute Gasteiger partial charge is 0.359 e. The molecular weight excluding hydrogens is 278 g/mol. The number of aliphatic imine (C=N–C) groups is 1. The number of nitrogens with one attached hydrogen (secondary N) is 1. The quantitative estimate of drug-likeness (QED) is 0.838. The van der Waals surface area contributed by atoms with E-state index in [1.54, 1.807) is 0 Å². The lowest BCUT2D eigenvalue weighted by molar-refractivity contribution is 0.181. The molecule has 3 nitrogen and oxygen atoms in total. The zero-order chi connectivity index (χ0) is 15.5. The molecule has 0 radical (unpaired) electrons. The Morgan fingerprint density at radius 2 is 1.86 bits per heavy atom. The summed E-state index contributed by atoms with van der Waals surface area (Å²) < 4.78 is 0. The molecule has 122 valence electrons. The van der Waals surface area contributed by atoms with Crippen LogP contribution in [0.15, 0.2) is 4.99 Å². The summed E-state index contributed by atoms with van der Waals surface area (Å²) in [6, 6.07) is 1.20. The van der Waals surface area contributed by atoms with Gasteiger partial charge in [0.15, 0.2) is 5.17 Å². The monoisotopic (exact) mass is 311 g/mol. The smallest absolute Gasteiger partial charge is 0.157 e. The number of amidine groups is 1. The second kappa shape index (κ2) is 7.36. The maximum atomic E-state index is 4.82. The van der Waals surface area contributed by atoms with Crippen molar-refractivity contribution < 1.29 is 0 Å².